The second-order valence-electron chi connectivity index (χ2n) is 7.25. The SMILES string of the molecule is CC1CN(C(=O)C=Cc2ccc(Cl)c(Br)c2)C(C)CN1Cc1ccc(F)cc1. The molecular formula is C22H23BrClFN2O. The number of amides is 1. The van der Waals surface area contributed by atoms with Gasteiger partial charge in [-0.2, -0.15) is 0 Å². The fourth-order valence-electron chi connectivity index (χ4n) is 3.43. The van der Waals surface area contributed by atoms with E-state index in [0.29, 0.717) is 11.6 Å². The summed E-state index contributed by atoms with van der Waals surface area (Å²) in [5.41, 5.74) is 1.99. The van der Waals surface area contributed by atoms with E-state index in [-0.39, 0.29) is 23.8 Å². The van der Waals surface area contributed by atoms with Gasteiger partial charge in [0, 0.05) is 42.3 Å². The fraction of sp³-hybridized carbons (Fsp3) is 0.318. The van der Waals surface area contributed by atoms with Gasteiger partial charge in [-0.15, -0.1) is 0 Å². The highest BCUT2D eigenvalue weighted by Gasteiger charge is 2.30. The third kappa shape index (κ3) is 5.22. The van der Waals surface area contributed by atoms with Crippen LogP contribution in [0.4, 0.5) is 4.39 Å². The van der Waals surface area contributed by atoms with Crippen molar-refractivity contribution in [3.05, 3.63) is 75.0 Å². The third-order valence-corrected chi connectivity index (χ3v) is 6.27. The van der Waals surface area contributed by atoms with Crippen LogP contribution in [-0.4, -0.2) is 40.9 Å². The summed E-state index contributed by atoms with van der Waals surface area (Å²) in [6.07, 6.45) is 3.43. The van der Waals surface area contributed by atoms with Crippen molar-refractivity contribution >= 4 is 39.5 Å². The predicted octanol–water partition coefficient (Wildman–Crippen LogP) is 5.38. The van der Waals surface area contributed by atoms with Crippen LogP contribution in [0.5, 0.6) is 0 Å². The molecule has 28 heavy (non-hydrogen) atoms. The van der Waals surface area contributed by atoms with E-state index in [0.717, 1.165) is 28.7 Å². The number of hydrogen-bond donors (Lipinski definition) is 0. The Labute approximate surface area is 178 Å². The number of benzene rings is 2. The average Bonchev–Trinajstić information content (AvgIpc) is 2.67. The normalized spacial score (nSPS) is 20.7. The number of halogens is 3. The van der Waals surface area contributed by atoms with Crippen molar-refractivity contribution in [1.29, 1.82) is 0 Å². The van der Waals surface area contributed by atoms with Gasteiger partial charge in [-0.05, 0) is 71.2 Å². The molecule has 2 atom stereocenters. The van der Waals surface area contributed by atoms with E-state index in [1.807, 2.05) is 35.2 Å². The molecule has 0 spiro atoms. The van der Waals surface area contributed by atoms with E-state index in [2.05, 4.69) is 34.7 Å². The minimum absolute atomic E-state index is 0.00635. The maximum atomic E-state index is 13.1. The largest absolute Gasteiger partial charge is 0.334 e. The van der Waals surface area contributed by atoms with Gasteiger partial charge in [-0.3, -0.25) is 9.69 Å². The van der Waals surface area contributed by atoms with Crippen LogP contribution in [0.2, 0.25) is 5.02 Å². The molecule has 2 aromatic carbocycles. The Morgan fingerprint density at radius 1 is 1.18 bits per heavy atom. The molecule has 2 unspecified atom stereocenters. The molecule has 2 aromatic rings. The number of rotatable bonds is 4. The summed E-state index contributed by atoms with van der Waals surface area (Å²) in [6, 6.07) is 12.5. The Morgan fingerprint density at radius 3 is 2.57 bits per heavy atom. The first-order chi connectivity index (χ1) is 13.3. The van der Waals surface area contributed by atoms with Gasteiger partial charge in [0.15, 0.2) is 0 Å². The van der Waals surface area contributed by atoms with Crippen molar-refractivity contribution in [2.45, 2.75) is 32.5 Å². The highest BCUT2D eigenvalue weighted by atomic mass is 79.9. The molecule has 1 heterocycles. The molecule has 148 valence electrons. The first-order valence-corrected chi connectivity index (χ1v) is 10.4. The fourth-order valence-corrected chi connectivity index (χ4v) is 3.94. The Kier molecular flexibility index (Phi) is 6.91. The minimum atomic E-state index is -0.222. The van der Waals surface area contributed by atoms with Crippen LogP contribution in [0, 0.1) is 5.82 Å². The van der Waals surface area contributed by atoms with E-state index in [4.69, 9.17) is 11.6 Å². The van der Waals surface area contributed by atoms with Gasteiger partial charge in [0.2, 0.25) is 5.91 Å². The summed E-state index contributed by atoms with van der Waals surface area (Å²) >= 11 is 9.41. The monoisotopic (exact) mass is 464 g/mol. The summed E-state index contributed by atoms with van der Waals surface area (Å²) in [7, 11) is 0. The molecule has 1 fully saturated rings. The van der Waals surface area contributed by atoms with Gasteiger partial charge in [0.25, 0.3) is 0 Å². The zero-order valence-corrected chi connectivity index (χ0v) is 18.3. The molecule has 6 heteroatoms. The van der Waals surface area contributed by atoms with Crippen LogP contribution < -0.4 is 0 Å². The van der Waals surface area contributed by atoms with Crippen LogP contribution in [-0.2, 0) is 11.3 Å². The molecule has 1 amide bonds. The summed E-state index contributed by atoms with van der Waals surface area (Å²) < 4.78 is 13.9. The summed E-state index contributed by atoms with van der Waals surface area (Å²) in [5.74, 6) is -0.216. The summed E-state index contributed by atoms with van der Waals surface area (Å²) in [5, 5.41) is 0.642. The maximum absolute atomic E-state index is 13.1. The first-order valence-electron chi connectivity index (χ1n) is 9.25. The third-order valence-electron chi connectivity index (χ3n) is 5.06. The molecule has 3 rings (SSSR count). The molecule has 0 bridgehead atoms. The zero-order chi connectivity index (χ0) is 20.3. The standard InChI is InChI=1S/C22H23BrClFN2O/c1-15-13-27(22(28)10-6-17-5-9-21(24)20(23)11-17)16(2)12-26(15)14-18-3-7-19(25)8-4-18/h3-11,15-16H,12-14H2,1-2H3. The van der Waals surface area contributed by atoms with Crippen molar-refractivity contribution in [2.24, 2.45) is 0 Å². The van der Waals surface area contributed by atoms with E-state index in [1.165, 1.54) is 12.1 Å². The molecule has 1 aliphatic heterocycles. The van der Waals surface area contributed by atoms with Crippen LogP contribution in [0.1, 0.15) is 25.0 Å². The van der Waals surface area contributed by atoms with Crippen molar-refractivity contribution in [1.82, 2.24) is 9.80 Å². The quantitative estimate of drug-likeness (QED) is 0.566. The molecule has 0 aliphatic carbocycles. The van der Waals surface area contributed by atoms with Gasteiger partial charge >= 0.3 is 0 Å². The van der Waals surface area contributed by atoms with E-state index in [9.17, 15) is 9.18 Å². The Hall–Kier alpha value is -1.69. The summed E-state index contributed by atoms with van der Waals surface area (Å²) in [6.45, 7) is 6.38. The average molecular weight is 466 g/mol. The molecule has 0 radical (unpaired) electrons. The van der Waals surface area contributed by atoms with Crippen LogP contribution in [0.25, 0.3) is 6.08 Å². The molecule has 1 saturated heterocycles. The van der Waals surface area contributed by atoms with Crippen LogP contribution in [0.3, 0.4) is 0 Å². The van der Waals surface area contributed by atoms with E-state index in [1.54, 1.807) is 12.1 Å². The number of hydrogen-bond acceptors (Lipinski definition) is 2. The van der Waals surface area contributed by atoms with Crippen LogP contribution >= 0.6 is 27.5 Å². The second-order valence-corrected chi connectivity index (χ2v) is 8.51. The van der Waals surface area contributed by atoms with Gasteiger partial charge in [0.05, 0.1) is 5.02 Å². The lowest BCUT2D eigenvalue weighted by molar-refractivity contribution is -0.131. The Balaban J connectivity index is 1.62. The maximum Gasteiger partial charge on any atom is 0.246 e. The lowest BCUT2D eigenvalue weighted by Gasteiger charge is -2.44. The van der Waals surface area contributed by atoms with Crippen LogP contribution in [0.15, 0.2) is 53.0 Å². The van der Waals surface area contributed by atoms with Gasteiger partial charge in [-0.1, -0.05) is 29.8 Å². The minimum Gasteiger partial charge on any atom is -0.334 e. The number of nitrogens with zero attached hydrogens (tertiary/aromatic N) is 2. The topological polar surface area (TPSA) is 23.6 Å². The summed E-state index contributed by atoms with van der Waals surface area (Å²) in [4.78, 5) is 17.0. The highest BCUT2D eigenvalue weighted by molar-refractivity contribution is 9.10. The Bertz CT molecular complexity index is 871. The smallest absolute Gasteiger partial charge is 0.246 e. The first kappa shape index (κ1) is 21.0. The molecule has 0 aromatic heterocycles. The number of carbonyl (C=O) groups excluding carboxylic acids is 1. The lowest BCUT2D eigenvalue weighted by atomic mass is 10.1. The molecule has 3 nitrogen and oxygen atoms in total. The highest BCUT2D eigenvalue weighted by Crippen LogP contribution is 2.24. The second kappa shape index (κ2) is 9.21. The lowest BCUT2D eigenvalue weighted by Crippen LogP contribution is -2.57. The van der Waals surface area contributed by atoms with Crippen molar-refractivity contribution in [3.63, 3.8) is 0 Å². The zero-order valence-electron chi connectivity index (χ0n) is 15.9. The van der Waals surface area contributed by atoms with Gasteiger partial charge in [0.1, 0.15) is 5.82 Å². The molecule has 0 saturated carbocycles. The molecule has 0 N–H and O–H groups in total. The number of carbonyl (C=O) groups is 1. The number of piperazine rings is 1. The van der Waals surface area contributed by atoms with E-state index < -0.39 is 0 Å². The van der Waals surface area contributed by atoms with Crippen molar-refractivity contribution < 1.29 is 9.18 Å². The molecular weight excluding hydrogens is 443 g/mol. The van der Waals surface area contributed by atoms with Crippen molar-refractivity contribution in [2.75, 3.05) is 13.1 Å². The molecule has 1 aliphatic rings. The van der Waals surface area contributed by atoms with Gasteiger partial charge in [-0.25, -0.2) is 4.39 Å². The van der Waals surface area contributed by atoms with Gasteiger partial charge < -0.3 is 4.90 Å². The predicted molar refractivity (Wildman–Crippen MR) is 116 cm³/mol. The Morgan fingerprint density at radius 2 is 1.89 bits per heavy atom. The van der Waals surface area contributed by atoms with Crippen molar-refractivity contribution in [3.8, 4) is 0 Å². The van der Waals surface area contributed by atoms with E-state index >= 15 is 0 Å².